The zero-order chi connectivity index (χ0) is 20.1. The molecule has 0 bridgehead atoms. The van der Waals surface area contributed by atoms with Crippen molar-refractivity contribution in [1.82, 2.24) is 20.7 Å². The van der Waals surface area contributed by atoms with Crippen molar-refractivity contribution in [1.29, 1.82) is 0 Å². The number of carbonyl (C=O) groups excluding carboxylic acids is 3. The van der Waals surface area contributed by atoms with Crippen LogP contribution >= 0.6 is 0 Å². The third-order valence-corrected chi connectivity index (χ3v) is 5.85. The lowest BCUT2D eigenvalue weighted by molar-refractivity contribution is -0.139. The zero-order valence-electron chi connectivity index (χ0n) is 16.7. The number of urea groups is 1. The number of hydrogen-bond donors (Lipinski definition) is 2. The first-order valence-corrected chi connectivity index (χ1v) is 10.2. The smallest absolute Gasteiger partial charge is 0.322 e. The third kappa shape index (κ3) is 4.52. The van der Waals surface area contributed by atoms with Gasteiger partial charge in [-0.2, -0.15) is 5.01 Å². The summed E-state index contributed by atoms with van der Waals surface area (Å²) in [6.45, 7) is 4.70. The maximum atomic E-state index is 12.8. The van der Waals surface area contributed by atoms with Crippen LogP contribution in [0.25, 0.3) is 0 Å². The van der Waals surface area contributed by atoms with Crippen LogP contribution in [-0.2, 0) is 16.0 Å². The summed E-state index contributed by atoms with van der Waals surface area (Å²) in [5.41, 5.74) is 2.59. The number of benzene rings is 1. The van der Waals surface area contributed by atoms with E-state index in [1.165, 1.54) is 12.8 Å². The number of hydrazine groups is 1. The molecule has 1 saturated heterocycles. The van der Waals surface area contributed by atoms with E-state index in [1.807, 2.05) is 37.3 Å². The molecule has 0 spiro atoms. The van der Waals surface area contributed by atoms with Gasteiger partial charge in [-0.1, -0.05) is 50.1 Å². The van der Waals surface area contributed by atoms with E-state index in [0.717, 1.165) is 30.0 Å². The van der Waals surface area contributed by atoms with Crippen molar-refractivity contribution >= 4 is 17.8 Å². The molecule has 28 heavy (non-hydrogen) atoms. The summed E-state index contributed by atoms with van der Waals surface area (Å²) in [6, 6.07) is 9.66. The van der Waals surface area contributed by atoms with Gasteiger partial charge < -0.3 is 5.32 Å². The van der Waals surface area contributed by atoms with Crippen molar-refractivity contribution in [3.8, 4) is 0 Å². The first-order chi connectivity index (χ1) is 13.4. The molecule has 1 saturated carbocycles. The minimum atomic E-state index is -1.02. The van der Waals surface area contributed by atoms with Crippen LogP contribution in [-0.4, -0.2) is 52.4 Å². The Labute approximate surface area is 166 Å². The minimum Gasteiger partial charge on any atom is -0.322 e. The summed E-state index contributed by atoms with van der Waals surface area (Å²) in [5, 5.41) is 3.58. The van der Waals surface area contributed by atoms with Gasteiger partial charge >= 0.3 is 6.03 Å². The average Bonchev–Trinajstić information content (AvgIpc) is 3.29. The summed E-state index contributed by atoms with van der Waals surface area (Å²) in [4.78, 5) is 39.7. The summed E-state index contributed by atoms with van der Waals surface area (Å²) in [6.07, 6.45) is 5.71. The van der Waals surface area contributed by atoms with Gasteiger partial charge in [0, 0.05) is 6.04 Å². The molecule has 1 atom stereocenters. The van der Waals surface area contributed by atoms with E-state index in [-0.39, 0.29) is 12.5 Å². The second-order valence-electron chi connectivity index (χ2n) is 7.92. The highest BCUT2D eigenvalue weighted by Crippen LogP contribution is 2.24. The molecule has 0 radical (unpaired) electrons. The fourth-order valence-corrected chi connectivity index (χ4v) is 4.11. The van der Waals surface area contributed by atoms with Crippen molar-refractivity contribution in [3.63, 3.8) is 0 Å². The van der Waals surface area contributed by atoms with Crippen LogP contribution in [0.2, 0.25) is 0 Å². The molecule has 0 aromatic heterocycles. The van der Waals surface area contributed by atoms with Gasteiger partial charge in [-0.3, -0.25) is 19.9 Å². The molecular formula is C21H30N4O3. The Hall–Kier alpha value is -2.41. The maximum Gasteiger partial charge on any atom is 0.344 e. The number of imide groups is 1. The summed E-state index contributed by atoms with van der Waals surface area (Å²) in [5.74, 6) is -0.741. The van der Waals surface area contributed by atoms with Crippen LogP contribution in [0.5, 0.6) is 0 Å². The monoisotopic (exact) mass is 386 g/mol. The van der Waals surface area contributed by atoms with E-state index >= 15 is 0 Å². The predicted molar refractivity (Wildman–Crippen MR) is 106 cm³/mol. The van der Waals surface area contributed by atoms with Crippen molar-refractivity contribution in [2.75, 3.05) is 13.1 Å². The quantitative estimate of drug-likeness (QED) is 0.671. The molecule has 152 valence electrons. The Balaban J connectivity index is 1.57. The van der Waals surface area contributed by atoms with Crippen molar-refractivity contribution in [2.45, 2.75) is 64.0 Å². The average molecular weight is 386 g/mol. The van der Waals surface area contributed by atoms with Gasteiger partial charge in [-0.15, -0.1) is 0 Å². The Morgan fingerprint density at radius 2 is 1.93 bits per heavy atom. The normalized spacial score (nSPS) is 22.8. The lowest BCUT2D eigenvalue weighted by Gasteiger charge is -2.27. The lowest BCUT2D eigenvalue weighted by atomic mass is 9.93. The van der Waals surface area contributed by atoms with Gasteiger partial charge in [0.05, 0.1) is 6.54 Å². The van der Waals surface area contributed by atoms with Gasteiger partial charge in [0.1, 0.15) is 5.54 Å². The number of amides is 4. The van der Waals surface area contributed by atoms with E-state index in [0.29, 0.717) is 18.9 Å². The predicted octanol–water partition coefficient (Wildman–Crippen LogP) is 2.23. The molecule has 1 aromatic rings. The molecule has 7 heteroatoms. The van der Waals surface area contributed by atoms with E-state index in [1.54, 1.807) is 6.92 Å². The standard InChI is InChI=1S/C21H30N4O3/c1-3-24(17-11-7-8-12-17)15-18(26)23-25-19(27)21(2,22-20(25)28)14-13-16-9-5-4-6-10-16/h4-6,9-10,17H,3,7-8,11-15H2,1-2H3,(H,22,28)(H,23,26). The minimum absolute atomic E-state index is 0.193. The fourth-order valence-electron chi connectivity index (χ4n) is 4.11. The highest BCUT2D eigenvalue weighted by Gasteiger charge is 2.48. The highest BCUT2D eigenvalue weighted by molar-refractivity contribution is 6.07. The number of hydrogen-bond acceptors (Lipinski definition) is 4. The molecule has 3 rings (SSSR count). The highest BCUT2D eigenvalue weighted by atomic mass is 16.2. The molecular weight excluding hydrogens is 356 g/mol. The maximum absolute atomic E-state index is 12.8. The van der Waals surface area contributed by atoms with Gasteiger partial charge in [0.15, 0.2) is 0 Å². The van der Waals surface area contributed by atoms with Crippen molar-refractivity contribution in [2.24, 2.45) is 0 Å². The van der Waals surface area contributed by atoms with Gasteiger partial charge in [-0.25, -0.2) is 4.79 Å². The first kappa shape index (κ1) is 20.3. The molecule has 2 fully saturated rings. The SMILES string of the molecule is CCN(CC(=O)NN1C(=O)NC(C)(CCc2ccccc2)C1=O)C1CCCC1. The Morgan fingerprint density at radius 1 is 1.25 bits per heavy atom. The van der Waals surface area contributed by atoms with E-state index in [9.17, 15) is 14.4 Å². The van der Waals surface area contributed by atoms with Crippen LogP contribution < -0.4 is 10.7 Å². The van der Waals surface area contributed by atoms with Gasteiger partial charge in [0.2, 0.25) is 0 Å². The Bertz CT molecular complexity index is 718. The molecule has 1 aliphatic carbocycles. The summed E-state index contributed by atoms with van der Waals surface area (Å²) in [7, 11) is 0. The number of rotatable bonds is 8. The molecule has 7 nitrogen and oxygen atoms in total. The van der Waals surface area contributed by atoms with E-state index in [4.69, 9.17) is 0 Å². The number of nitrogens with zero attached hydrogens (tertiary/aromatic N) is 2. The number of carbonyl (C=O) groups is 3. The number of aryl methyl sites for hydroxylation is 1. The second kappa shape index (κ2) is 8.73. The molecule has 1 aromatic carbocycles. The summed E-state index contributed by atoms with van der Waals surface area (Å²) >= 11 is 0. The number of nitrogens with one attached hydrogen (secondary N) is 2. The summed E-state index contributed by atoms with van der Waals surface area (Å²) < 4.78 is 0. The lowest BCUT2D eigenvalue weighted by Crippen LogP contribution is -2.52. The molecule has 1 aliphatic heterocycles. The van der Waals surface area contributed by atoms with Crippen LogP contribution in [0.15, 0.2) is 30.3 Å². The third-order valence-electron chi connectivity index (χ3n) is 5.85. The fraction of sp³-hybridized carbons (Fsp3) is 0.571. The van der Waals surface area contributed by atoms with Crippen molar-refractivity contribution in [3.05, 3.63) is 35.9 Å². The molecule has 2 aliphatic rings. The first-order valence-electron chi connectivity index (χ1n) is 10.2. The Morgan fingerprint density at radius 3 is 2.57 bits per heavy atom. The molecule has 2 N–H and O–H groups in total. The van der Waals surface area contributed by atoms with Crippen LogP contribution in [0.1, 0.15) is 51.5 Å². The van der Waals surface area contributed by atoms with Gasteiger partial charge in [-0.05, 0) is 44.7 Å². The van der Waals surface area contributed by atoms with E-state index < -0.39 is 17.5 Å². The molecule has 1 heterocycles. The topological polar surface area (TPSA) is 81.8 Å². The van der Waals surface area contributed by atoms with Crippen LogP contribution in [0.4, 0.5) is 4.79 Å². The largest absolute Gasteiger partial charge is 0.344 e. The Kier molecular flexibility index (Phi) is 6.34. The van der Waals surface area contributed by atoms with Gasteiger partial charge in [0.25, 0.3) is 11.8 Å². The number of likely N-dealkylation sites (N-methyl/N-ethyl adjacent to an activating group) is 1. The zero-order valence-corrected chi connectivity index (χ0v) is 16.7. The van der Waals surface area contributed by atoms with E-state index in [2.05, 4.69) is 15.6 Å². The molecule has 1 unspecified atom stereocenters. The second-order valence-corrected chi connectivity index (χ2v) is 7.92. The van der Waals surface area contributed by atoms with Crippen LogP contribution in [0.3, 0.4) is 0 Å². The van der Waals surface area contributed by atoms with Crippen LogP contribution in [0, 0.1) is 0 Å². The van der Waals surface area contributed by atoms with Crippen molar-refractivity contribution < 1.29 is 14.4 Å². The molecule has 4 amide bonds.